The lowest BCUT2D eigenvalue weighted by Gasteiger charge is -2.18. The smallest absolute Gasteiger partial charge is 0.0380 e. The molecule has 0 aliphatic heterocycles. The lowest BCUT2D eigenvalue weighted by atomic mass is 10.0. The zero-order valence-corrected chi connectivity index (χ0v) is 14.1. The van der Waals surface area contributed by atoms with Gasteiger partial charge in [-0.15, -0.1) is 0 Å². The molecule has 1 unspecified atom stereocenters. The summed E-state index contributed by atoms with van der Waals surface area (Å²) in [6.07, 6.45) is 0.991. The lowest BCUT2D eigenvalue weighted by molar-refractivity contribution is 0.549. The van der Waals surface area contributed by atoms with Gasteiger partial charge >= 0.3 is 0 Å². The van der Waals surface area contributed by atoms with Crippen molar-refractivity contribution in [2.45, 2.75) is 19.4 Å². The number of thiophene rings is 1. The van der Waals surface area contributed by atoms with Gasteiger partial charge < -0.3 is 5.32 Å². The molecular weight excluding hydrogens is 374 g/mol. The summed E-state index contributed by atoms with van der Waals surface area (Å²) < 4.78 is 2.38. The number of nitrogens with one attached hydrogen (secondary N) is 1. The summed E-state index contributed by atoms with van der Waals surface area (Å²) in [6, 6.07) is 8.77. The second-order valence-corrected chi connectivity index (χ2v) is 6.53. The minimum atomic E-state index is 0.356. The van der Waals surface area contributed by atoms with E-state index in [0.717, 1.165) is 13.0 Å². The zero-order valence-electron chi connectivity index (χ0n) is 10.1. The van der Waals surface area contributed by atoms with Gasteiger partial charge in [-0.25, -0.2) is 0 Å². The summed E-state index contributed by atoms with van der Waals surface area (Å²) in [4.78, 5) is 0. The van der Waals surface area contributed by atoms with Gasteiger partial charge in [0.25, 0.3) is 0 Å². The van der Waals surface area contributed by atoms with Crippen LogP contribution in [0.1, 0.15) is 24.1 Å². The molecule has 1 heterocycles. The van der Waals surface area contributed by atoms with E-state index in [1.807, 2.05) is 0 Å². The Balaban J connectivity index is 2.22. The molecule has 0 saturated carbocycles. The van der Waals surface area contributed by atoms with Crippen LogP contribution in [0.5, 0.6) is 0 Å². The van der Waals surface area contributed by atoms with Gasteiger partial charge in [0.1, 0.15) is 0 Å². The Kier molecular flexibility index (Phi) is 5.42. The van der Waals surface area contributed by atoms with Crippen molar-refractivity contribution in [1.82, 2.24) is 5.32 Å². The highest BCUT2D eigenvalue weighted by Gasteiger charge is 2.16. The van der Waals surface area contributed by atoms with Gasteiger partial charge in [-0.3, -0.25) is 0 Å². The third-order valence-electron chi connectivity index (χ3n) is 2.85. The van der Waals surface area contributed by atoms with E-state index in [0.29, 0.717) is 6.04 Å². The number of hydrogen-bond donors (Lipinski definition) is 1. The molecular formula is C14H15Br2NS. The highest BCUT2D eigenvalue weighted by Crippen LogP contribution is 2.31. The van der Waals surface area contributed by atoms with E-state index in [1.54, 1.807) is 11.3 Å². The SMILES string of the molecule is CCNC(Cc1ccccc1Br)c1cscc1Br. The summed E-state index contributed by atoms with van der Waals surface area (Å²) in [5.41, 5.74) is 2.68. The molecule has 0 bridgehead atoms. The van der Waals surface area contributed by atoms with Crippen LogP contribution in [-0.4, -0.2) is 6.54 Å². The predicted molar refractivity (Wildman–Crippen MR) is 86.3 cm³/mol. The molecule has 0 aliphatic rings. The van der Waals surface area contributed by atoms with Crippen LogP contribution >= 0.6 is 43.2 Å². The fourth-order valence-electron chi connectivity index (χ4n) is 1.96. The van der Waals surface area contributed by atoms with Crippen molar-refractivity contribution < 1.29 is 0 Å². The van der Waals surface area contributed by atoms with Gasteiger partial charge in [0.2, 0.25) is 0 Å². The minimum absolute atomic E-state index is 0.356. The quantitative estimate of drug-likeness (QED) is 0.745. The first-order valence-electron chi connectivity index (χ1n) is 5.90. The number of hydrogen-bond acceptors (Lipinski definition) is 2. The number of benzene rings is 1. The van der Waals surface area contributed by atoms with E-state index in [2.05, 4.69) is 79.1 Å². The Bertz CT molecular complexity index is 510. The van der Waals surface area contributed by atoms with Gasteiger partial charge in [0.05, 0.1) is 0 Å². The maximum atomic E-state index is 3.63. The third kappa shape index (κ3) is 3.44. The molecule has 0 fully saturated rings. The Morgan fingerprint density at radius 3 is 2.56 bits per heavy atom. The van der Waals surface area contributed by atoms with Gasteiger partial charge in [0.15, 0.2) is 0 Å². The Hall–Kier alpha value is -0.160. The van der Waals surface area contributed by atoms with Crippen LogP contribution in [0.3, 0.4) is 0 Å². The maximum Gasteiger partial charge on any atom is 0.0380 e. The normalized spacial score (nSPS) is 12.6. The van der Waals surface area contributed by atoms with Crippen molar-refractivity contribution in [2.75, 3.05) is 6.54 Å². The van der Waals surface area contributed by atoms with Crippen molar-refractivity contribution in [3.05, 3.63) is 55.1 Å². The Labute approximate surface area is 129 Å². The number of rotatable bonds is 5. The van der Waals surface area contributed by atoms with Gasteiger partial charge in [-0.2, -0.15) is 11.3 Å². The van der Waals surface area contributed by atoms with E-state index in [1.165, 1.54) is 20.1 Å². The van der Waals surface area contributed by atoms with Crippen LogP contribution in [0.4, 0.5) is 0 Å². The lowest BCUT2D eigenvalue weighted by Crippen LogP contribution is -2.23. The summed E-state index contributed by atoms with van der Waals surface area (Å²) in [6.45, 7) is 3.12. The molecule has 0 radical (unpaired) electrons. The number of halogens is 2. The molecule has 2 rings (SSSR count). The van der Waals surface area contributed by atoms with E-state index >= 15 is 0 Å². The van der Waals surface area contributed by atoms with Crippen LogP contribution in [0.25, 0.3) is 0 Å². The summed E-state index contributed by atoms with van der Waals surface area (Å²) >= 11 is 8.98. The van der Waals surface area contributed by atoms with E-state index in [-0.39, 0.29) is 0 Å². The van der Waals surface area contributed by atoms with E-state index in [9.17, 15) is 0 Å². The van der Waals surface area contributed by atoms with E-state index < -0.39 is 0 Å². The van der Waals surface area contributed by atoms with Gasteiger partial charge in [-0.1, -0.05) is 41.1 Å². The fourth-order valence-corrected chi connectivity index (χ4v) is 4.04. The first-order chi connectivity index (χ1) is 8.72. The molecule has 0 amide bonds. The van der Waals surface area contributed by atoms with Crippen LogP contribution in [-0.2, 0) is 6.42 Å². The molecule has 0 spiro atoms. The minimum Gasteiger partial charge on any atom is -0.310 e. The highest BCUT2D eigenvalue weighted by molar-refractivity contribution is 9.10. The van der Waals surface area contributed by atoms with Crippen molar-refractivity contribution in [3.8, 4) is 0 Å². The first-order valence-corrected chi connectivity index (χ1v) is 8.43. The molecule has 1 aromatic heterocycles. The molecule has 0 aliphatic carbocycles. The molecule has 1 nitrogen and oxygen atoms in total. The Morgan fingerprint density at radius 2 is 1.94 bits per heavy atom. The molecule has 1 atom stereocenters. The fraction of sp³-hybridized carbons (Fsp3) is 0.286. The second-order valence-electron chi connectivity index (χ2n) is 4.08. The molecule has 1 aromatic carbocycles. The topological polar surface area (TPSA) is 12.0 Å². The van der Waals surface area contributed by atoms with Crippen LogP contribution in [0.15, 0.2) is 44.0 Å². The highest BCUT2D eigenvalue weighted by atomic mass is 79.9. The van der Waals surface area contributed by atoms with Gasteiger partial charge in [-0.05, 0) is 51.5 Å². The molecule has 18 heavy (non-hydrogen) atoms. The average Bonchev–Trinajstić information content (AvgIpc) is 2.78. The molecule has 96 valence electrons. The van der Waals surface area contributed by atoms with Crippen molar-refractivity contribution in [3.63, 3.8) is 0 Å². The van der Waals surface area contributed by atoms with Crippen LogP contribution in [0.2, 0.25) is 0 Å². The zero-order chi connectivity index (χ0) is 13.0. The average molecular weight is 389 g/mol. The predicted octanol–water partition coefficient (Wildman–Crippen LogP) is 5.17. The maximum absolute atomic E-state index is 3.63. The summed E-state index contributed by atoms with van der Waals surface area (Å²) in [5.74, 6) is 0. The summed E-state index contributed by atoms with van der Waals surface area (Å²) in [5, 5.41) is 7.91. The standard InChI is InChI=1S/C14H15Br2NS/c1-2-17-14(11-8-18-9-13(11)16)7-10-5-3-4-6-12(10)15/h3-6,8-9,14,17H,2,7H2,1H3. The Morgan fingerprint density at radius 1 is 1.17 bits per heavy atom. The van der Waals surface area contributed by atoms with Crippen LogP contribution < -0.4 is 5.32 Å². The summed E-state index contributed by atoms with van der Waals surface area (Å²) in [7, 11) is 0. The largest absolute Gasteiger partial charge is 0.310 e. The van der Waals surface area contributed by atoms with Gasteiger partial charge in [0, 0.05) is 20.4 Å². The monoisotopic (exact) mass is 387 g/mol. The van der Waals surface area contributed by atoms with Crippen LogP contribution in [0, 0.1) is 0 Å². The molecule has 2 aromatic rings. The molecule has 0 saturated heterocycles. The second kappa shape index (κ2) is 6.85. The van der Waals surface area contributed by atoms with E-state index in [4.69, 9.17) is 0 Å². The van der Waals surface area contributed by atoms with Crippen molar-refractivity contribution >= 4 is 43.2 Å². The van der Waals surface area contributed by atoms with Crippen molar-refractivity contribution in [1.29, 1.82) is 0 Å². The molecule has 4 heteroatoms. The molecule has 1 N–H and O–H groups in total. The third-order valence-corrected chi connectivity index (χ3v) is 5.38. The number of likely N-dealkylation sites (N-methyl/N-ethyl adjacent to an activating group) is 1. The first kappa shape index (κ1) is 14.3. The van der Waals surface area contributed by atoms with Crippen molar-refractivity contribution in [2.24, 2.45) is 0 Å².